The zero-order chi connectivity index (χ0) is 19.2. The van der Waals surface area contributed by atoms with Crippen LogP contribution >= 0.6 is 0 Å². The van der Waals surface area contributed by atoms with E-state index in [1.807, 2.05) is 44.3 Å². The van der Waals surface area contributed by atoms with E-state index in [4.69, 9.17) is 9.47 Å². The number of amides is 1. The molecule has 3 aromatic rings. The second-order valence-electron chi connectivity index (χ2n) is 6.05. The Labute approximate surface area is 156 Å². The first-order valence-corrected chi connectivity index (χ1v) is 8.45. The van der Waals surface area contributed by atoms with E-state index in [1.54, 1.807) is 18.0 Å². The highest BCUT2D eigenvalue weighted by Gasteiger charge is 2.08. The van der Waals surface area contributed by atoms with Gasteiger partial charge in [0, 0.05) is 7.05 Å². The largest absolute Gasteiger partial charge is 0.497 e. The number of rotatable bonds is 8. The van der Waals surface area contributed by atoms with Gasteiger partial charge in [-0.15, -0.1) is 5.10 Å². The number of nitrogens with zero attached hydrogens (tertiary/aromatic N) is 5. The first-order chi connectivity index (χ1) is 13.0. The van der Waals surface area contributed by atoms with Gasteiger partial charge in [0.05, 0.1) is 31.2 Å². The summed E-state index contributed by atoms with van der Waals surface area (Å²) in [6, 6.07) is 9.21. The van der Waals surface area contributed by atoms with Crippen molar-refractivity contribution in [3.8, 4) is 11.5 Å². The summed E-state index contributed by atoms with van der Waals surface area (Å²) in [5.41, 5.74) is 2.49. The molecule has 1 amide bonds. The monoisotopic (exact) mass is 370 g/mol. The fraction of sp³-hybridized carbons (Fsp3) is 0.333. The maximum absolute atomic E-state index is 12.1. The van der Waals surface area contributed by atoms with Crippen molar-refractivity contribution in [2.75, 3.05) is 7.11 Å². The van der Waals surface area contributed by atoms with Crippen LogP contribution in [0.4, 0.5) is 0 Å². The van der Waals surface area contributed by atoms with Crippen LogP contribution in [0.1, 0.15) is 17.1 Å². The number of methoxy groups -OCH3 is 1. The summed E-state index contributed by atoms with van der Waals surface area (Å²) in [4.78, 5) is 12.1. The van der Waals surface area contributed by atoms with E-state index in [0.29, 0.717) is 18.0 Å². The molecule has 0 radical (unpaired) electrons. The number of carbonyl (C=O) groups is 1. The van der Waals surface area contributed by atoms with Crippen molar-refractivity contribution in [1.29, 1.82) is 0 Å². The van der Waals surface area contributed by atoms with Crippen LogP contribution in [-0.2, 0) is 31.5 Å². The van der Waals surface area contributed by atoms with Crippen LogP contribution in [0.3, 0.4) is 0 Å². The maximum Gasteiger partial charge on any atom is 0.242 e. The summed E-state index contributed by atoms with van der Waals surface area (Å²) >= 11 is 0. The zero-order valence-corrected chi connectivity index (χ0v) is 15.5. The lowest BCUT2D eigenvalue weighted by atomic mass is 10.3. The first-order valence-electron chi connectivity index (χ1n) is 8.45. The summed E-state index contributed by atoms with van der Waals surface area (Å²) in [5.74, 6) is 1.32. The average molecular weight is 370 g/mol. The molecule has 0 bridgehead atoms. The van der Waals surface area contributed by atoms with Crippen molar-refractivity contribution in [3.05, 3.63) is 53.6 Å². The molecule has 0 fully saturated rings. The minimum atomic E-state index is -0.152. The lowest BCUT2D eigenvalue weighted by molar-refractivity contribution is -0.122. The van der Waals surface area contributed by atoms with Gasteiger partial charge in [-0.3, -0.25) is 9.48 Å². The predicted octanol–water partition coefficient (Wildman–Crippen LogP) is 1.22. The fourth-order valence-electron chi connectivity index (χ4n) is 2.53. The van der Waals surface area contributed by atoms with Crippen LogP contribution in [0.15, 0.2) is 36.5 Å². The lowest BCUT2D eigenvalue weighted by Gasteiger charge is -2.05. The average Bonchev–Trinajstić information content (AvgIpc) is 3.24. The van der Waals surface area contributed by atoms with Gasteiger partial charge in [-0.25, -0.2) is 4.68 Å². The number of benzene rings is 1. The molecular formula is C18H22N6O3. The Balaban J connectivity index is 1.46. The molecule has 27 heavy (non-hydrogen) atoms. The van der Waals surface area contributed by atoms with Gasteiger partial charge in [-0.2, -0.15) is 5.10 Å². The molecule has 2 aromatic heterocycles. The second kappa shape index (κ2) is 8.35. The molecule has 0 saturated heterocycles. The number of carbonyl (C=O) groups excluding carboxylic acids is 1. The number of aryl methyl sites for hydroxylation is 2. The van der Waals surface area contributed by atoms with Crippen molar-refractivity contribution >= 4 is 5.91 Å². The van der Waals surface area contributed by atoms with Crippen LogP contribution < -0.4 is 14.8 Å². The van der Waals surface area contributed by atoms with E-state index in [0.717, 1.165) is 17.1 Å². The van der Waals surface area contributed by atoms with Gasteiger partial charge in [0.1, 0.15) is 30.3 Å². The van der Waals surface area contributed by atoms with Crippen LogP contribution in [0.2, 0.25) is 0 Å². The summed E-state index contributed by atoms with van der Waals surface area (Å²) in [6.45, 7) is 2.68. The highest BCUT2D eigenvalue weighted by Crippen LogP contribution is 2.17. The Hall–Kier alpha value is -3.36. The highest BCUT2D eigenvalue weighted by atomic mass is 16.5. The van der Waals surface area contributed by atoms with Gasteiger partial charge >= 0.3 is 0 Å². The Bertz CT molecular complexity index is 900. The standard InChI is InChI=1S/C18H22N6O3/c1-13-8-15(23(2)21-13)9-19-18(25)11-24-10-14(20-22-24)12-27-17-6-4-16(26-3)5-7-17/h4-8,10H,9,11-12H2,1-3H3,(H,19,25). The Kier molecular flexibility index (Phi) is 5.70. The van der Waals surface area contributed by atoms with E-state index in [9.17, 15) is 4.79 Å². The van der Waals surface area contributed by atoms with E-state index in [-0.39, 0.29) is 19.1 Å². The minimum absolute atomic E-state index is 0.0897. The molecular weight excluding hydrogens is 348 g/mol. The van der Waals surface area contributed by atoms with Crippen molar-refractivity contribution in [1.82, 2.24) is 30.1 Å². The first kappa shape index (κ1) is 18.4. The summed E-state index contributed by atoms with van der Waals surface area (Å²) < 4.78 is 14.0. The maximum atomic E-state index is 12.1. The number of aromatic nitrogens is 5. The number of hydrogen-bond donors (Lipinski definition) is 1. The van der Waals surface area contributed by atoms with Crippen LogP contribution in [-0.4, -0.2) is 37.8 Å². The van der Waals surface area contributed by atoms with Crippen molar-refractivity contribution in [2.24, 2.45) is 7.05 Å². The zero-order valence-electron chi connectivity index (χ0n) is 15.5. The van der Waals surface area contributed by atoms with E-state index in [2.05, 4.69) is 20.7 Å². The Morgan fingerprint density at radius 3 is 2.63 bits per heavy atom. The molecule has 0 aliphatic heterocycles. The predicted molar refractivity (Wildman–Crippen MR) is 97.1 cm³/mol. The van der Waals surface area contributed by atoms with Gasteiger partial charge in [0.25, 0.3) is 0 Å². The van der Waals surface area contributed by atoms with Crippen LogP contribution in [0, 0.1) is 6.92 Å². The highest BCUT2D eigenvalue weighted by molar-refractivity contribution is 5.75. The molecule has 2 heterocycles. The third-order valence-corrected chi connectivity index (χ3v) is 3.90. The molecule has 0 spiro atoms. The van der Waals surface area contributed by atoms with Gasteiger partial charge in [0.2, 0.25) is 5.91 Å². The molecule has 1 aromatic carbocycles. The summed E-state index contributed by atoms with van der Waals surface area (Å²) in [6.07, 6.45) is 1.69. The smallest absolute Gasteiger partial charge is 0.242 e. The van der Waals surface area contributed by atoms with E-state index < -0.39 is 0 Å². The third-order valence-electron chi connectivity index (χ3n) is 3.90. The number of hydrogen-bond acceptors (Lipinski definition) is 6. The summed E-state index contributed by atoms with van der Waals surface area (Å²) in [7, 11) is 3.46. The van der Waals surface area contributed by atoms with Crippen LogP contribution in [0.5, 0.6) is 11.5 Å². The molecule has 1 N–H and O–H groups in total. The SMILES string of the molecule is COc1ccc(OCc2cn(CC(=O)NCc3cc(C)nn3C)nn2)cc1. The van der Waals surface area contributed by atoms with Gasteiger partial charge in [-0.05, 0) is 37.3 Å². The third kappa shape index (κ3) is 5.06. The molecule has 9 nitrogen and oxygen atoms in total. The molecule has 3 rings (SSSR count). The molecule has 0 saturated carbocycles. The van der Waals surface area contributed by atoms with E-state index >= 15 is 0 Å². The normalized spacial score (nSPS) is 10.6. The quantitative estimate of drug-likeness (QED) is 0.641. The molecule has 142 valence electrons. The summed E-state index contributed by atoms with van der Waals surface area (Å²) in [5, 5.41) is 15.1. The van der Waals surface area contributed by atoms with E-state index in [1.165, 1.54) is 4.68 Å². The Morgan fingerprint density at radius 2 is 1.96 bits per heavy atom. The Morgan fingerprint density at radius 1 is 1.22 bits per heavy atom. The van der Waals surface area contributed by atoms with Crippen molar-refractivity contribution in [2.45, 2.75) is 26.6 Å². The molecule has 0 unspecified atom stereocenters. The van der Waals surface area contributed by atoms with Gasteiger partial charge in [0.15, 0.2) is 0 Å². The van der Waals surface area contributed by atoms with Gasteiger partial charge in [-0.1, -0.05) is 5.21 Å². The minimum Gasteiger partial charge on any atom is -0.497 e. The fourth-order valence-corrected chi connectivity index (χ4v) is 2.53. The molecule has 0 aliphatic rings. The van der Waals surface area contributed by atoms with Crippen molar-refractivity contribution in [3.63, 3.8) is 0 Å². The molecule has 9 heteroatoms. The second-order valence-corrected chi connectivity index (χ2v) is 6.05. The van der Waals surface area contributed by atoms with Crippen molar-refractivity contribution < 1.29 is 14.3 Å². The lowest BCUT2D eigenvalue weighted by Crippen LogP contribution is -2.28. The number of ether oxygens (including phenoxy) is 2. The van der Waals surface area contributed by atoms with Gasteiger partial charge < -0.3 is 14.8 Å². The van der Waals surface area contributed by atoms with Crippen LogP contribution in [0.25, 0.3) is 0 Å². The number of nitrogens with one attached hydrogen (secondary N) is 1. The molecule has 0 aliphatic carbocycles. The molecule has 0 atom stereocenters. The topological polar surface area (TPSA) is 96.1 Å².